The Morgan fingerprint density at radius 1 is 0.583 bits per heavy atom. The van der Waals surface area contributed by atoms with E-state index < -0.39 is 44.7 Å². The molecule has 0 saturated carbocycles. The van der Waals surface area contributed by atoms with Crippen molar-refractivity contribution in [2.45, 2.75) is 52.9 Å². The third-order valence-electron chi connectivity index (χ3n) is 11.5. The second-order valence-corrected chi connectivity index (χ2v) is 21.9. The zero-order valence-corrected chi connectivity index (χ0v) is 37.4. The van der Waals surface area contributed by atoms with Crippen LogP contribution >= 0.6 is 0 Å². The zero-order valence-electron chi connectivity index (χ0n) is 33.4. The average Bonchev–Trinajstić information content (AvgIpc) is 3.82. The van der Waals surface area contributed by atoms with Crippen molar-refractivity contribution < 1.29 is 72.4 Å². The predicted octanol–water partition coefficient (Wildman–Crippen LogP) is 8.05. The second kappa shape index (κ2) is 17.6. The Kier molecular flexibility index (Phi) is 13.3. The summed E-state index contributed by atoms with van der Waals surface area (Å²) >= 11 is -3.75. The SMILES string of the molecule is CCC1C=C(C(C)(C)C)C=[C]1[Zr+2](=[C](c1ccc(C(F)(F)F)cc1)c1ccc(C(F)(F)F)cc1)[c]1c(-c2ccccc2)ccc2c1Cc1cc(-c3ccccc3)ccc1-2.[Cl-].[Cl-]. The molecule has 0 N–H and O–H groups in total. The van der Waals surface area contributed by atoms with Crippen molar-refractivity contribution in [1.82, 2.24) is 0 Å². The molecule has 0 nitrogen and oxygen atoms in total. The molecule has 2 aliphatic carbocycles. The molecule has 0 heterocycles. The fraction of sp³-hybridized carbons (Fsp3) is 0.196. The average molecular weight is 931 g/mol. The van der Waals surface area contributed by atoms with E-state index in [2.05, 4.69) is 94.4 Å². The molecule has 0 aliphatic heterocycles. The minimum Gasteiger partial charge on any atom is -1.00 e. The molecule has 60 heavy (non-hydrogen) atoms. The molecule has 0 bridgehead atoms. The fourth-order valence-electron chi connectivity index (χ4n) is 8.44. The van der Waals surface area contributed by atoms with Crippen molar-refractivity contribution in [2.24, 2.45) is 11.3 Å². The smallest absolute Gasteiger partial charge is 1.00 e. The van der Waals surface area contributed by atoms with Gasteiger partial charge in [-0.25, -0.2) is 0 Å². The van der Waals surface area contributed by atoms with Crippen LogP contribution in [-0.4, -0.2) is 3.21 Å². The Hall–Kier alpha value is -4.29. The van der Waals surface area contributed by atoms with Crippen LogP contribution in [0.5, 0.6) is 0 Å². The van der Waals surface area contributed by atoms with Gasteiger partial charge in [-0.2, -0.15) is 0 Å². The van der Waals surface area contributed by atoms with E-state index >= 15 is 0 Å². The van der Waals surface area contributed by atoms with Crippen LogP contribution in [0.15, 0.2) is 161 Å². The van der Waals surface area contributed by atoms with Crippen LogP contribution in [0.25, 0.3) is 33.4 Å². The number of hydrogen-bond acceptors (Lipinski definition) is 0. The largest absolute Gasteiger partial charge is 1.00 e. The molecule has 0 aromatic heterocycles. The summed E-state index contributed by atoms with van der Waals surface area (Å²) in [5.74, 6) is 0.0514. The molecule has 0 radical (unpaired) electrons. The van der Waals surface area contributed by atoms with E-state index in [9.17, 15) is 26.3 Å². The van der Waals surface area contributed by atoms with Gasteiger partial charge in [0.1, 0.15) is 0 Å². The van der Waals surface area contributed by atoms with Crippen molar-refractivity contribution in [2.75, 3.05) is 0 Å². The Bertz CT molecular complexity index is 2540. The first-order valence-corrected chi connectivity index (χ1v) is 23.2. The third kappa shape index (κ3) is 8.87. The third-order valence-corrected chi connectivity index (χ3v) is 19.4. The molecule has 8 rings (SSSR count). The zero-order chi connectivity index (χ0) is 41.0. The summed E-state index contributed by atoms with van der Waals surface area (Å²) in [6.45, 7) is 8.70. The summed E-state index contributed by atoms with van der Waals surface area (Å²) in [6, 6.07) is 42.0. The van der Waals surface area contributed by atoms with Gasteiger partial charge in [0.15, 0.2) is 0 Å². The molecule has 0 saturated heterocycles. The number of halogens is 8. The first-order valence-electron chi connectivity index (χ1n) is 19.6. The molecule has 2 aliphatic rings. The van der Waals surface area contributed by atoms with Gasteiger partial charge in [-0.3, -0.25) is 0 Å². The van der Waals surface area contributed by atoms with Gasteiger partial charge >= 0.3 is 346 Å². The molecule has 1 unspecified atom stereocenters. The molecule has 306 valence electrons. The maximum absolute atomic E-state index is 14.1. The Morgan fingerprint density at radius 2 is 1.08 bits per heavy atom. The summed E-state index contributed by atoms with van der Waals surface area (Å²) in [5.41, 5.74) is 9.61. The predicted molar refractivity (Wildman–Crippen MR) is 221 cm³/mol. The van der Waals surface area contributed by atoms with E-state index in [0.717, 1.165) is 67.3 Å². The topological polar surface area (TPSA) is 0 Å². The molecular formula is C51H42Cl2F6Zr. The van der Waals surface area contributed by atoms with E-state index in [1.807, 2.05) is 36.4 Å². The van der Waals surface area contributed by atoms with E-state index in [-0.39, 0.29) is 36.1 Å². The minimum atomic E-state index is -4.55. The summed E-state index contributed by atoms with van der Waals surface area (Å²) in [6.07, 6.45) is -2.96. The van der Waals surface area contributed by atoms with Crippen molar-refractivity contribution in [3.05, 3.63) is 194 Å². The minimum absolute atomic E-state index is 0. The monoisotopic (exact) mass is 928 g/mol. The number of benzene rings is 6. The Labute approximate surface area is 368 Å². The van der Waals surface area contributed by atoms with Crippen LogP contribution in [0, 0.1) is 11.3 Å². The Balaban J connectivity index is 0.00000302. The van der Waals surface area contributed by atoms with Gasteiger partial charge in [0.2, 0.25) is 0 Å². The summed E-state index contributed by atoms with van der Waals surface area (Å²) in [7, 11) is 0. The van der Waals surface area contributed by atoms with Gasteiger partial charge in [0.25, 0.3) is 0 Å². The maximum atomic E-state index is 14.1. The van der Waals surface area contributed by atoms with Crippen molar-refractivity contribution in [1.29, 1.82) is 0 Å². The van der Waals surface area contributed by atoms with Gasteiger partial charge in [0.05, 0.1) is 0 Å². The number of fused-ring (bicyclic) bond motifs is 3. The van der Waals surface area contributed by atoms with E-state index in [1.165, 1.54) is 47.5 Å². The van der Waals surface area contributed by atoms with E-state index in [4.69, 9.17) is 0 Å². The van der Waals surface area contributed by atoms with Gasteiger partial charge < -0.3 is 24.8 Å². The molecule has 9 heteroatoms. The van der Waals surface area contributed by atoms with Crippen LogP contribution < -0.4 is 28.1 Å². The molecule has 0 amide bonds. The number of hydrogen-bond donors (Lipinski definition) is 0. The summed E-state index contributed by atoms with van der Waals surface area (Å²) < 4.78 is 87.7. The summed E-state index contributed by atoms with van der Waals surface area (Å²) in [4.78, 5) is 0. The normalized spacial score (nSPS) is 14.4. The van der Waals surface area contributed by atoms with E-state index in [1.54, 1.807) is 0 Å². The van der Waals surface area contributed by atoms with Gasteiger partial charge in [-0.05, 0) is 0 Å². The molecule has 1 atom stereocenters. The standard InChI is InChI=1S/C25H17.C15H8F6.C11H17.2ClH.Zr/c1-3-7-18(8-4-1)20-11-13-24-22(15-20)17-23-16-21(12-14-25(23)24)19-9-5-2-6-10-19;16-14(17,18)12-5-1-10(2-6-12)9-11-3-7-13(8-4-11)15(19,20)21;1-5-9-6-7-10(8-9)11(2,3)4;;;/h1-15H,17H2;1-8H;7-9H,5H2,1-4H3;2*1H;/q;;;;;+2/p-2. The fourth-order valence-corrected chi connectivity index (χ4v) is 17.6. The van der Waals surface area contributed by atoms with Crippen molar-refractivity contribution in [3.8, 4) is 33.4 Å². The van der Waals surface area contributed by atoms with Crippen molar-refractivity contribution in [3.63, 3.8) is 0 Å². The first-order chi connectivity index (χ1) is 27.6. The molecule has 0 spiro atoms. The van der Waals surface area contributed by atoms with Gasteiger partial charge in [-0.1, -0.05) is 0 Å². The number of rotatable bonds is 7. The molecule has 6 aromatic rings. The van der Waals surface area contributed by atoms with Gasteiger partial charge in [-0.15, -0.1) is 0 Å². The van der Waals surface area contributed by atoms with Crippen LogP contribution in [-0.2, 0) is 40.0 Å². The molecule has 6 aromatic carbocycles. The van der Waals surface area contributed by atoms with Crippen LogP contribution in [0.3, 0.4) is 0 Å². The first kappa shape index (κ1) is 45.2. The number of alkyl halides is 6. The van der Waals surface area contributed by atoms with Crippen molar-refractivity contribution >= 4 is 6.48 Å². The number of allylic oxidation sites excluding steroid dienone is 4. The van der Waals surface area contributed by atoms with Gasteiger partial charge in [0, 0.05) is 0 Å². The molecule has 0 fully saturated rings. The maximum Gasteiger partial charge on any atom is -1.00 e. The van der Waals surface area contributed by atoms with E-state index in [0.29, 0.717) is 17.5 Å². The second-order valence-electron chi connectivity index (χ2n) is 16.2. The Morgan fingerprint density at radius 3 is 1.58 bits per heavy atom. The molecular weight excluding hydrogens is 889 g/mol. The summed E-state index contributed by atoms with van der Waals surface area (Å²) in [5, 5.41) is 0. The van der Waals surface area contributed by atoms with Crippen LogP contribution in [0.1, 0.15) is 67.5 Å². The quantitative estimate of drug-likeness (QED) is 0.142. The van der Waals surface area contributed by atoms with Crippen LogP contribution in [0.4, 0.5) is 26.3 Å². The van der Waals surface area contributed by atoms with Crippen LogP contribution in [0.2, 0.25) is 0 Å².